The normalized spacial score (nSPS) is 18.8. The van der Waals surface area contributed by atoms with Crippen molar-refractivity contribution in [1.29, 1.82) is 0 Å². The van der Waals surface area contributed by atoms with Gasteiger partial charge in [0.05, 0.1) is 0 Å². The van der Waals surface area contributed by atoms with Gasteiger partial charge < -0.3 is 0 Å². The highest BCUT2D eigenvalue weighted by atomic mass is 35.5. The molecule has 2 heteroatoms. The van der Waals surface area contributed by atoms with Gasteiger partial charge in [0.2, 0.25) is 0 Å². The van der Waals surface area contributed by atoms with Crippen LogP contribution in [0, 0.1) is 5.92 Å². The SMILES string of the molecule is ClCC(Cc1ccccc1)CC1Cc2ccccc2S1. The van der Waals surface area contributed by atoms with Gasteiger partial charge in [-0.2, -0.15) is 0 Å². The van der Waals surface area contributed by atoms with Crippen LogP contribution in [0.4, 0.5) is 0 Å². The number of fused-ring (bicyclic) bond motifs is 1. The average Bonchev–Trinajstić information content (AvgIpc) is 2.90. The molecule has 0 aromatic heterocycles. The number of rotatable bonds is 5. The lowest BCUT2D eigenvalue weighted by molar-refractivity contribution is 0.524. The van der Waals surface area contributed by atoms with Crippen LogP contribution in [0.15, 0.2) is 59.5 Å². The van der Waals surface area contributed by atoms with Crippen molar-refractivity contribution in [2.75, 3.05) is 5.88 Å². The molecule has 2 aromatic rings. The highest BCUT2D eigenvalue weighted by Crippen LogP contribution is 2.40. The highest BCUT2D eigenvalue weighted by molar-refractivity contribution is 8.00. The van der Waals surface area contributed by atoms with Crippen molar-refractivity contribution in [3.8, 4) is 0 Å². The smallest absolute Gasteiger partial charge is 0.0255 e. The van der Waals surface area contributed by atoms with Gasteiger partial charge in [-0.3, -0.25) is 0 Å². The van der Waals surface area contributed by atoms with Crippen LogP contribution in [0.2, 0.25) is 0 Å². The molecule has 1 aliphatic heterocycles. The third-order valence-corrected chi connectivity index (χ3v) is 5.68. The molecule has 2 atom stereocenters. The van der Waals surface area contributed by atoms with E-state index in [2.05, 4.69) is 54.6 Å². The Balaban J connectivity index is 1.60. The van der Waals surface area contributed by atoms with E-state index in [1.807, 2.05) is 11.8 Å². The Morgan fingerprint density at radius 1 is 1.05 bits per heavy atom. The van der Waals surface area contributed by atoms with Crippen LogP contribution >= 0.6 is 23.4 Å². The first-order valence-corrected chi connectivity index (χ1v) is 8.61. The lowest BCUT2D eigenvalue weighted by Gasteiger charge is -2.17. The molecule has 104 valence electrons. The molecule has 0 amide bonds. The number of thioether (sulfide) groups is 1. The lowest BCUT2D eigenvalue weighted by atomic mass is 9.94. The Morgan fingerprint density at radius 2 is 1.80 bits per heavy atom. The molecule has 0 spiro atoms. The Morgan fingerprint density at radius 3 is 2.55 bits per heavy atom. The van der Waals surface area contributed by atoms with Crippen LogP contribution in [-0.4, -0.2) is 11.1 Å². The van der Waals surface area contributed by atoms with E-state index in [1.54, 1.807) is 0 Å². The largest absolute Gasteiger partial charge is 0.126 e. The minimum absolute atomic E-state index is 0.575. The Hall–Kier alpha value is -0.920. The van der Waals surface area contributed by atoms with E-state index in [0.717, 1.165) is 12.3 Å². The van der Waals surface area contributed by atoms with E-state index < -0.39 is 0 Å². The van der Waals surface area contributed by atoms with Gasteiger partial charge in [-0.15, -0.1) is 23.4 Å². The molecule has 0 bridgehead atoms. The van der Waals surface area contributed by atoms with Crippen molar-refractivity contribution in [3.05, 3.63) is 65.7 Å². The van der Waals surface area contributed by atoms with Gasteiger partial charge in [0.15, 0.2) is 0 Å². The number of benzene rings is 2. The van der Waals surface area contributed by atoms with Crippen molar-refractivity contribution in [3.63, 3.8) is 0 Å². The minimum atomic E-state index is 0.575. The fourth-order valence-electron chi connectivity index (χ4n) is 2.91. The van der Waals surface area contributed by atoms with Crippen molar-refractivity contribution in [2.24, 2.45) is 5.92 Å². The van der Waals surface area contributed by atoms with Crippen LogP contribution in [0.25, 0.3) is 0 Å². The maximum atomic E-state index is 6.20. The predicted octanol–water partition coefficient (Wildman–Crippen LogP) is 5.19. The van der Waals surface area contributed by atoms with Gasteiger partial charge in [-0.05, 0) is 42.4 Å². The molecule has 1 aliphatic rings. The van der Waals surface area contributed by atoms with Gasteiger partial charge in [0.25, 0.3) is 0 Å². The van der Waals surface area contributed by atoms with Crippen molar-refractivity contribution in [1.82, 2.24) is 0 Å². The van der Waals surface area contributed by atoms with E-state index in [-0.39, 0.29) is 0 Å². The summed E-state index contributed by atoms with van der Waals surface area (Å²) >= 11 is 8.23. The standard InChI is InChI=1S/C18H19ClS/c19-13-15(10-14-6-2-1-3-7-14)11-17-12-16-8-4-5-9-18(16)20-17/h1-9,15,17H,10-13H2. The minimum Gasteiger partial charge on any atom is -0.126 e. The zero-order valence-corrected chi connectivity index (χ0v) is 13.0. The van der Waals surface area contributed by atoms with Crippen LogP contribution in [0.3, 0.4) is 0 Å². The zero-order valence-electron chi connectivity index (χ0n) is 11.5. The second-order valence-electron chi connectivity index (χ2n) is 5.50. The van der Waals surface area contributed by atoms with Crippen molar-refractivity contribution >= 4 is 23.4 Å². The number of halogens is 1. The molecule has 0 nitrogen and oxygen atoms in total. The van der Waals surface area contributed by atoms with Crippen LogP contribution in [0.5, 0.6) is 0 Å². The zero-order chi connectivity index (χ0) is 13.8. The Labute approximate surface area is 130 Å². The summed E-state index contributed by atoms with van der Waals surface area (Å²) in [7, 11) is 0. The first-order valence-electron chi connectivity index (χ1n) is 7.19. The molecule has 2 unspecified atom stereocenters. The molecule has 0 fully saturated rings. The second kappa shape index (κ2) is 6.69. The Kier molecular flexibility index (Phi) is 4.69. The van der Waals surface area contributed by atoms with Crippen LogP contribution < -0.4 is 0 Å². The quantitative estimate of drug-likeness (QED) is 0.685. The summed E-state index contributed by atoms with van der Waals surface area (Å²) in [5, 5.41) is 0.694. The summed E-state index contributed by atoms with van der Waals surface area (Å²) in [5.41, 5.74) is 2.91. The fourth-order valence-corrected chi connectivity index (χ4v) is 4.59. The molecule has 0 N–H and O–H groups in total. The monoisotopic (exact) mass is 302 g/mol. The predicted molar refractivity (Wildman–Crippen MR) is 88.8 cm³/mol. The maximum Gasteiger partial charge on any atom is 0.0255 e. The summed E-state index contributed by atoms with van der Waals surface area (Å²) in [6.45, 7) is 0. The highest BCUT2D eigenvalue weighted by Gasteiger charge is 2.24. The molecule has 1 heterocycles. The van der Waals surface area contributed by atoms with Gasteiger partial charge in [0.1, 0.15) is 0 Å². The molecule has 2 aromatic carbocycles. The molecule has 0 aliphatic carbocycles. The fraction of sp³-hybridized carbons (Fsp3) is 0.333. The van der Waals surface area contributed by atoms with Gasteiger partial charge in [0, 0.05) is 16.0 Å². The van der Waals surface area contributed by atoms with E-state index in [9.17, 15) is 0 Å². The number of alkyl halides is 1. The summed E-state index contributed by atoms with van der Waals surface area (Å²) in [6.07, 6.45) is 3.50. The lowest BCUT2D eigenvalue weighted by Crippen LogP contribution is -2.14. The van der Waals surface area contributed by atoms with E-state index >= 15 is 0 Å². The summed E-state index contributed by atoms with van der Waals surface area (Å²) in [5.74, 6) is 1.33. The van der Waals surface area contributed by atoms with E-state index in [1.165, 1.54) is 28.9 Å². The third kappa shape index (κ3) is 3.39. The van der Waals surface area contributed by atoms with Crippen molar-refractivity contribution < 1.29 is 0 Å². The van der Waals surface area contributed by atoms with Crippen LogP contribution in [-0.2, 0) is 12.8 Å². The van der Waals surface area contributed by atoms with Gasteiger partial charge in [-0.1, -0.05) is 48.5 Å². The average molecular weight is 303 g/mol. The van der Waals surface area contributed by atoms with E-state index in [4.69, 9.17) is 11.6 Å². The van der Waals surface area contributed by atoms with Gasteiger partial charge >= 0.3 is 0 Å². The number of hydrogen-bond donors (Lipinski definition) is 0. The van der Waals surface area contributed by atoms with Crippen LogP contribution in [0.1, 0.15) is 17.5 Å². The van der Waals surface area contributed by atoms with Crippen molar-refractivity contribution in [2.45, 2.75) is 29.4 Å². The molecule has 3 rings (SSSR count). The number of hydrogen-bond acceptors (Lipinski definition) is 1. The third-order valence-electron chi connectivity index (χ3n) is 3.90. The molecule has 0 saturated carbocycles. The molecule has 0 radical (unpaired) electrons. The summed E-state index contributed by atoms with van der Waals surface area (Å²) < 4.78 is 0. The first-order chi connectivity index (χ1) is 9.85. The summed E-state index contributed by atoms with van der Waals surface area (Å²) in [4.78, 5) is 1.46. The maximum absolute atomic E-state index is 6.20. The first kappa shape index (κ1) is 14.0. The Bertz CT molecular complexity index is 527. The molecule has 0 saturated heterocycles. The molecule has 20 heavy (non-hydrogen) atoms. The molecular weight excluding hydrogens is 284 g/mol. The summed E-state index contributed by atoms with van der Waals surface area (Å²) in [6, 6.07) is 19.5. The van der Waals surface area contributed by atoms with Gasteiger partial charge in [-0.25, -0.2) is 0 Å². The molecular formula is C18H19ClS. The second-order valence-corrected chi connectivity index (χ2v) is 7.15. The van der Waals surface area contributed by atoms with E-state index in [0.29, 0.717) is 11.2 Å². The topological polar surface area (TPSA) is 0 Å².